The molecule has 1 rings (SSSR count). The SMILES string of the molecule is CCN=C(NN)Nc1cccc(C)c1C. The van der Waals surface area contributed by atoms with Gasteiger partial charge in [0.2, 0.25) is 5.96 Å². The Morgan fingerprint density at radius 1 is 1.40 bits per heavy atom. The first kappa shape index (κ1) is 11.5. The van der Waals surface area contributed by atoms with E-state index in [0.29, 0.717) is 12.5 Å². The first-order chi connectivity index (χ1) is 7.19. The van der Waals surface area contributed by atoms with Crippen LogP contribution in [-0.2, 0) is 0 Å². The molecule has 4 N–H and O–H groups in total. The van der Waals surface area contributed by atoms with Gasteiger partial charge in [-0.1, -0.05) is 12.1 Å². The molecule has 15 heavy (non-hydrogen) atoms. The molecule has 0 amide bonds. The van der Waals surface area contributed by atoms with Crippen LogP contribution in [0.5, 0.6) is 0 Å². The number of anilines is 1. The van der Waals surface area contributed by atoms with E-state index in [2.05, 4.69) is 35.6 Å². The molecule has 0 fully saturated rings. The zero-order chi connectivity index (χ0) is 11.3. The molecule has 0 aliphatic heterocycles. The molecule has 0 unspecified atom stereocenters. The molecule has 0 heterocycles. The molecule has 0 radical (unpaired) electrons. The van der Waals surface area contributed by atoms with Gasteiger partial charge in [0.05, 0.1) is 0 Å². The van der Waals surface area contributed by atoms with Crippen molar-refractivity contribution in [3.05, 3.63) is 29.3 Å². The molecule has 0 saturated carbocycles. The number of rotatable bonds is 2. The maximum atomic E-state index is 5.35. The molecule has 0 aromatic heterocycles. The van der Waals surface area contributed by atoms with Crippen molar-refractivity contribution in [1.82, 2.24) is 5.43 Å². The van der Waals surface area contributed by atoms with Gasteiger partial charge in [-0.05, 0) is 38.0 Å². The predicted octanol–water partition coefficient (Wildman–Crippen LogP) is 1.55. The van der Waals surface area contributed by atoms with Gasteiger partial charge in [0.15, 0.2) is 0 Å². The number of aryl methyl sites for hydroxylation is 1. The minimum atomic E-state index is 0.589. The van der Waals surface area contributed by atoms with Crippen molar-refractivity contribution in [2.75, 3.05) is 11.9 Å². The Morgan fingerprint density at radius 2 is 2.13 bits per heavy atom. The number of benzene rings is 1. The monoisotopic (exact) mass is 206 g/mol. The second-order valence-electron chi connectivity index (χ2n) is 3.34. The molecule has 0 aliphatic carbocycles. The van der Waals surface area contributed by atoms with Gasteiger partial charge in [-0.3, -0.25) is 10.4 Å². The standard InChI is InChI=1S/C11H18N4/c1-4-13-11(15-12)14-10-7-5-6-8(2)9(10)3/h5-7H,4,12H2,1-3H3,(H2,13,14,15). The molecule has 82 valence electrons. The summed E-state index contributed by atoms with van der Waals surface area (Å²) in [4.78, 5) is 4.18. The second-order valence-corrected chi connectivity index (χ2v) is 3.34. The van der Waals surface area contributed by atoms with Crippen LogP contribution in [-0.4, -0.2) is 12.5 Å². The first-order valence-electron chi connectivity index (χ1n) is 5.03. The summed E-state index contributed by atoms with van der Waals surface area (Å²) in [6.07, 6.45) is 0. The third-order valence-corrected chi connectivity index (χ3v) is 2.31. The summed E-state index contributed by atoms with van der Waals surface area (Å²) in [7, 11) is 0. The van der Waals surface area contributed by atoms with Gasteiger partial charge >= 0.3 is 0 Å². The lowest BCUT2D eigenvalue weighted by molar-refractivity contribution is 0.985. The fourth-order valence-corrected chi connectivity index (χ4v) is 1.29. The van der Waals surface area contributed by atoms with E-state index >= 15 is 0 Å². The molecule has 4 heteroatoms. The Bertz CT molecular complexity index is 358. The number of aliphatic imine (C=N–C) groups is 1. The van der Waals surface area contributed by atoms with E-state index in [9.17, 15) is 0 Å². The summed E-state index contributed by atoms with van der Waals surface area (Å²) in [5.74, 6) is 5.94. The Balaban J connectivity index is 2.88. The molecule has 4 nitrogen and oxygen atoms in total. The van der Waals surface area contributed by atoms with Gasteiger partial charge in [0, 0.05) is 12.2 Å². The molecule has 0 bridgehead atoms. The van der Waals surface area contributed by atoms with Gasteiger partial charge < -0.3 is 5.32 Å². The van der Waals surface area contributed by atoms with E-state index in [1.165, 1.54) is 11.1 Å². The van der Waals surface area contributed by atoms with Crippen LogP contribution in [0.2, 0.25) is 0 Å². The molecule has 0 aliphatic rings. The van der Waals surface area contributed by atoms with Crippen LogP contribution in [0, 0.1) is 13.8 Å². The van der Waals surface area contributed by atoms with Crippen molar-refractivity contribution in [3.63, 3.8) is 0 Å². The summed E-state index contributed by atoms with van der Waals surface area (Å²) in [6.45, 7) is 6.80. The summed E-state index contributed by atoms with van der Waals surface area (Å²) in [5, 5.41) is 3.15. The summed E-state index contributed by atoms with van der Waals surface area (Å²) in [6, 6.07) is 6.09. The Labute approximate surface area is 90.6 Å². The lowest BCUT2D eigenvalue weighted by Crippen LogP contribution is -2.36. The average Bonchev–Trinajstić information content (AvgIpc) is 2.24. The van der Waals surface area contributed by atoms with E-state index in [0.717, 1.165) is 5.69 Å². The average molecular weight is 206 g/mol. The molecular formula is C11H18N4. The van der Waals surface area contributed by atoms with Crippen LogP contribution in [0.15, 0.2) is 23.2 Å². The lowest BCUT2D eigenvalue weighted by atomic mass is 10.1. The summed E-state index contributed by atoms with van der Waals surface area (Å²) < 4.78 is 0. The highest BCUT2D eigenvalue weighted by Crippen LogP contribution is 2.17. The highest BCUT2D eigenvalue weighted by Gasteiger charge is 2.02. The van der Waals surface area contributed by atoms with Crippen LogP contribution in [0.25, 0.3) is 0 Å². The fraction of sp³-hybridized carbons (Fsp3) is 0.364. The Hall–Kier alpha value is -1.55. The largest absolute Gasteiger partial charge is 0.325 e. The third-order valence-electron chi connectivity index (χ3n) is 2.31. The zero-order valence-corrected chi connectivity index (χ0v) is 9.46. The summed E-state index contributed by atoms with van der Waals surface area (Å²) in [5.41, 5.74) is 6.01. The van der Waals surface area contributed by atoms with E-state index in [1.807, 2.05) is 19.1 Å². The fourth-order valence-electron chi connectivity index (χ4n) is 1.29. The Morgan fingerprint density at radius 3 is 2.73 bits per heavy atom. The minimum Gasteiger partial charge on any atom is -0.325 e. The van der Waals surface area contributed by atoms with Crippen LogP contribution < -0.4 is 16.6 Å². The van der Waals surface area contributed by atoms with Gasteiger partial charge in [0.1, 0.15) is 0 Å². The number of nitrogens with one attached hydrogen (secondary N) is 2. The van der Waals surface area contributed by atoms with Gasteiger partial charge in [-0.2, -0.15) is 0 Å². The number of hydrogen-bond donors (Lipinski definition) is 3. The Kier molecular flexibility index (Phi) is 4.12. The smallest absolute Gasteiger partial charge is 0.210 e. The van der Waals surface area contributed by atoms with E-state index in [4.69, 9.17) is 5.84 Å². The van der Waals surface area contributed by atoms with Crippen LogP contribution in [0.1, 0.15) is 18.1 Å². The molecular weight excluding hydrogens is 188 g/mol. The van der Waals surface area contributed by atoms with Crippen molar-refractivity contribution in [3.8, 4) is 0 Å². The highest BCUT2D eigenvalue weighted by molar-refractivity contribution is 5.94. The maximum Gasteiger partial charge on any atom is 0.210 e. The number of hydrogen-bond acceptors (Lipinski definition) is 2. The van der Waals surface area contributed by atoms with Crippen molar-refractivity contribution in [2.24, 2.45) is 10.8 Å². The van der Waals surface area contributed by atoms with Crippen LogP contribution in [0.4, 0.5) is 5.69 Å². The van der Waals surface area contributed by atoms with Crippen LogP contribution in [0.3, 0.4) is 0 Å². The number of nitrogens with zero attached hydrogens (tertiary/aromatic N) is 1. The molecule has 0 atom stereocenters. The second kappa shape index (κ2) is 5.36. The van der Waals surface area contributed by atoms with E-state index < -0.39 is 0 Å². The van der Waals surface area contributed by atoms with Crippen molar-refractivity contribution in [1.29, 1.82) is 0 Å². The quantitative estimate of drug-likeness (QED) is 0.298. The van der Waals surface area contributed by atoms with E-state index in [1.54, 1.807) is 0 Å². The van der Waals surface area contributed by atoms with Gasteiger partial charge in [-0.25, -0.2) is 5.84 Å². The lowest BCUT2D eigenvalue weighted by Gasteiger charge is -2.12. The summed E-state index contributed by atoms with van der Waals surface area (Å²) >= 11 is 0. The molecule has 1 aromatic rings. The topological polar surface area (TPSA) is 62.4 Å². The minimum absolute atomic E-state index is 0.589. The normalized spacial score (nSPS) is 11.3. The molecule has 0 saturated heterocycles. The number of nitrogens with two attached hydrogens (primary N) is 1. The third kappa shape index (κ3) is 2.95. The van der Waals surface area contributed by atoms with Crippen molar-refractivity contribution >= 4 is 11.6 Å². The van der Waals surface area contributed by atoms with Crippen molar-refractivity contribution < 1.29 is 0 Å². The van der Waals surface area contributed by atoms with Crippen LogP contribution >= 0.6 is 0 Å². The zero-order valence-electron chi connectivity index (χ0n) is 9.46. The van der Waals surface area contributed by atoms with Gasteiger partial charge in [0.25, 0.3) is 0 Å². The predicted molar refractivity (Wildman–Crippen MR) is 64.8 cm³/mol. The highest BCUT2D eigenvalue weighted by atomic mass is 15.3. The number of guanidine groups is 1. The molecule has 0 spiro atoms. The maximum absolute atomic E-state index is 5.35. The van der Waals surface area contributed by atoms with Crippen molar-refractivity contribution in [2.45, 2.75) is 20.8 Å². The molecule has 1 aromatic carbocycles. The van der Waals surface area contributed by atoms with Gasteiger partial charge in [-0.15, -0.1) is 0 Å². The van der Waals surface area contributed by atoms with E-state index in [-0.39, 0.29) is 0 Å². The number of hydrazine groups is 1. The first-order valence-corrected chi connectivity index (χ1v) is 5.03.